The van der Waals surface area contributed by atoms with Crippen LogP contribution in [-0.2, 0) is 19.1 Å². The third kappa shape index (κ3) is 4.18. The lowest BCUT2D eigenvalue weighted by Crippen LogP contribution is -2.49. The van der Waals surface area contributed by atoms with E-state index in [4.69, 9.17) is 14.6 Å². The maximum atomic E-state index is 12.3. The Kier molecular flexibility index (Phi) is 5.37. The van der Waals surface area contributed by atoms with Crippen LogP contribution in [0.25, 0.3) is 0 Å². The number of rotatable bonds is 5. The van der Waals surface area contributed by atoms with E-state index in [1.54, 1.807) is 4.90 Å². The third-order valence-corrected chi connectivity index (χ3v) is 3.96. The fourth-order valence-corrected chi connectivity index (χ4v) is 2.88. The number of carbonyl (C=O) groups excluding carboxylic acids is 1. The van der Waals surface area contributed by atoms with E-state index in [0.717, 1.165) is 19.3 Å². The topological polar surface area (TPSA) is 76.1 Å². The van der Waals surface area contributed by atoms with Crippen molar-refractivity contribution in [3.63, 3.8) is 0 Å². The van der Waals surface area contributed by atoms with Gasteiger partial charge in [-0.2, -0.15) is 0 Å². The van der Waals surface area contributed by atoms with Gasteiger partial charge in [-0.05, 0) is 26.2 Å². The molecule has 1 amide bonds. The minimum absolute atomic E-state index is 0.0164. The normalized spacial score (nSPS) is 30.4. The van der Waals surface area contributed by atoms with Gasteiger partial charge in [0.05, 0.1) is 37.9 Å². The summed E-state index contributed by atoms with van der Waals surface area (Å²) in [5.74, 6) is -0.881. The number of ether oxygens (including phenoxy) is 2. The highest BCUT2D eigenvalue weighted by atomic mass is 16.5. The minimum atomic E-state index is -0.897. The number of hydrogen-bond acceptors (Lipinski definition) is 4. The second-order valence-corrected chi connectivity index (χ2v) is 5.60. The Balaban J connectivity index is 1.81. The van der Waals surface area contributed by atoms with E-state index in [9.17, 15) is 9.59 Å². The monoisotopic (exact) mass is 285 g/mol. The molecule has 2 aliphatic heterocycles. The highest BCUT2D eigenvalue weighted by molar-refractivity contribution is 5.77. The maximum absolute atomic E-state index is 12.3. The van der Waals surface area contributed by atoms with Crippen LogP contribution < -0.4 is 0 Å². The molecule has 0 aromatic carbocycles. The third-order valence-electron chi connectivity index (χ3n) is 3.96. The number of aliphatic carboxylic acids is 1. The zero-order valence-electron chi connectivity index (χ0n) is 11.9. The Morgan fingerprint density at radius 3 is 2.80 bits per heavy atom. The first-order valence-corrected chi connectivity index (χ1v) is 7.30. The molecule has 2 rings (SSSR count). The number of morpholine rings is 1. The standard InChI is InChI=1S/C14H23NO5/c1-10-2-3-12(20-10)4-5-13(16)15-6-7-19-9-11(15)8-14(17)18/h10-12H,2-9H2,1H3,(H,17,18)/t10-,11-,12+/m1/s1. The van der Waals surface area contributed by atoms with E-state index >= 15 is 0 Å². The smallest absolute Gasteiger partial charge is 0.305 e. The van der Waals surface area contributed by atoms with Gasteiger partial charge in [-0.25, -0.2) is 0 Å². The number of nitrogens with zero attached hydrogens (tertiary/aromatic N) is 1. The minimum Gasteiger partial charge on any atom is -0.481 e. The van der Waals surface area contributed by atoms with Gasteiger partial charge in [0.15, 0.2) is 0 Å². The zero-order chi connectivity index (χ0) is 14.5. The molecule has 2 aliphatic rings. The summed E-state index contributed by atoms with van der Waals surface area (Å²) in [5, 5.41) is 8.88. The lowest BCUT2D eigenvalue weighted by Gasteiger charge is -2.35. The fraction of sp³-hybridized carbons (Fsp3) is 0.857. The van der Waals surface area contributed by atoms with E-state index in [0.29, 0.717) is 32.3 Å². The van der Waals surface area contributed by atoms with Crippen molar-refractivity contribution in [1.29, 1.82) is 0 Å². The summed E-state index contributed by atoms with van der Waals surface area (Å²) < 4.78 is 11.0. The molecule has 0 unspecified atom stereocenters. The van der Waals surface area contributed by atoms with Crippen LogP contribution in [-0.4, -0.2) is 59.9 Å². The average Bonchev–Trinajstić information content (AvgIpc) is 2.82. The van der Waals surface area contributed by atoms with Crippen LogP contribution in [0.3, 0.4) is 0 Å². The van der Waals surface area contributed by atoms with Gasteiger partial charge in [0.1, 0.15) is 0 Å². The summed E-state index contributed by atoms with van der Waals surface area (Å²) in [5.41, 5.74) is 0. The summed E-state index contributed by atoms with van der Waals surface area (Å²) in [6.07, 6.45) is 3.62. The molecule has 1 N–H and O–H groups in total. The van der Waals surface area contributed by atoms with E-state index < -0.39 is 5.97 Å². The molecule has 0 saturated carbocycles. The van der Waals surface area contributed by atoms with Crippen LogP contribution >= 0.6 is 0 Å². The summed E-state index contributed by atoms with van der Waals surface area (Å²) in [6, 6.07) is -0.336. The predicted octanol–water partition coefficient (Wildman–Crippen LogP) is 1.04. The molecule has 0 aromatic rings. The van der Waals surface area contributed by atoms with Crippen LogP contribution in [0.1, 0.15) is 39.0 Å². The molecule has 3 atom stereocenters. The molecular formula is C14H23NO5. The van der Waals surface area contributed by atoms with Crippen molar-refractivity contribution in [3.05, 3.63) is 0 Å². The van der Waals surface area contributed by atoms with Gasteiger partial charge in [-0.1, -0.05) is 0 Å². The molecule has 20 heavy (non-hydrogen) atoms. The van der Waals surface area contributed by atoms with Gasteiger partial charge in [-0.3, -0.25) is 9.59 Å². The van der Waals surface area contributed by atoms with Crippen molar-refractivity contribution >= 4 is 11.9 Å². The van der Waals surface area contributed by atoms with Gasteiger partial charge in [0.2, 0.25) is 5.91 Å². The van der Waals surface area contributed by atoms with E-state index in [-0.39, 0.29) is 24.5 Å². The Hall–Kier alpha value is -1.14. The van der Waals surface area contributed by atoms with Crippen molar-refractivity contribution in [1.82, 2.24) is 4.90 Å². The first-order chi connectivity index (χ1) is 9.56. The first-order valence-electron chi connectivity index (χ1n) is 7.30. The van der Waals surface area contributed by atoms with Gasteiger partial charge >= 0.3 is 5.97 Å². The van der Waals surface area contributed by atoms with Crippen molar-refractivity contribution in [3.8, 4) is 0 Å². The zero-order valence-corrected chi connectivity index (χ0v) is 11.9. The van der Waals surface area contributed by atoms with Crippen LogP contribution in [0, 0.1) is 0 Å². The first kappa shape index (κ1) is 15.3. The van der Waals surface area contributed by atoms with E-state index in [1.807, 2.05) is 6.92 Å². The second-order valence-electron chi connectivity index (χ2n) is 5.60. The van der Waals surface area contributed by atoms with Crippen LogP contribution in [0.15, 0.2) is 0 Å². The second kappa shape index (κ2) is 7.04. The summed E-state index contributed by atoms with van der Waals surface area (Å²) in [6.45, 7) is 3.33. The highest BCUT2D eigenvalue weighted by Crippen LogP contribution is 2.23. The van der Waals surface area contributed by atoms with Crippen molar-refractivity contribution in [2.75, 3.05) is 19.8 Å². The summed E-state index contributed by atoms with van der Waals surface area (Å²) >= 11 is 0. The van der Waals surface area contributed by atoms with Crippen LogP contribution in [0.2, 0.25) is 0 Å². The molecule has 2 saturated heterocycles. The fourth-order valence-electron chi connectivity index (χ4n) is 2.88. The lowest BCUT2D eigenvalue weighted by atomic mass is 10.1. The van der Waals surface area contributed by atoms with Gasteiger partial charge in [0, 0.05) is 13.0 Å². The van der Waals surface area contributed by atoms with Crippen molar-refractivity contribution in [2.45, 2.75) is 57.3 Å². The number of carboxylic acids is 1. The number of carboxylic acid groups (broad SMARTS) is 1. The molecule has 6 nitrogen and oxygen atoms in total. The molecule has 0 bridgehead atoms. The Morgan fingerprint density at radius 1 is 1.35 bits per heavy atom. The molecule has 0 aromatic heterocycles. The van der Waals surface area contributed by atoms with E-state index in [1.165, 1.54) is 0 Å². The Bertz CT molecular complexity index is 359. The maximum Gasteiger partial charge on any atom is 0.305 e. The van der Waals surface area contributed by atoms with Gasteiger partial charge in [-0.15, -0.1) is 0 Å². The Labute approximate surface area is 119 Å². The predicted molar refractivity (Wildman–Crippen MR) is 71.4 cm³/mol. The quantitative estimate of drug-likeness (QED) is 0.816. The largest absolute Gasteiger partial charge is 0.481 e. The number of amides is 1. The summed E-state index contributed by atoms with van der Waals surface area (Å²) in [7, 11) is 0. The molecule has 0 radical (unpaired) electrons. The summed E-state index contributed by atoms with van der Waals surface area (Å²) in [4.78, 5) is 24.7. The van der Waals surface area contributed by atoms with E-state index in [2.05, 4.69) is 0 Å². The highest BCUT2D eigenvalue weighted by Gasteiger charge is 2.30. The van der Waals surface area contributed by atoms with Crippen molar-refractivity contribution < 1.29 is 24.2 Å². The van der Waals surface area contributed by atoms with Crippen LogP contribution in [0.5, 0.6) is 0 Å². The Morgan fingerprint density at radius 2 is 2.15 bits per heavy atom. The average molecular weight is 285 g/mol. The molecule has 0 spiro atoms. The molecule has 0 aliphatic carbocycles. The van der Waals surface area contributed by atoms with Gasteiger partial charge < -0.3 is 19.5 Å². The van der Waals surface area contributed by atoms with Gasteiger partial charge in [0.25, 0.3) is 0 Å². The molecule has 114 valence electrons. The molecule has 6 heteroatoms. The number of hydrogen-bond donors (Lipinski definition) is 1. The molecule has 2 heterocycles. The van der Waals surface area contributed by atoms with Crippen LogP contribution in [0.4, 0.5) is 0 Å². The number of carbonyl (C=O) groups is 2. The molecular weight excluding hydrogens is 262 g/mol. The van der Waals surface area contributed by atoms with Crippen molar-refractivity contribution in [2.24, 2.45) is 0 Å². The SMILES string of the molecule is C[C@@H]1CC[C@@H](CCC(=O)N2CCOC[C@H]2CC(=O)O)O1. The molecule has 2 fully saturated rings. The lowest BCUT2D eigenvalue weighted by molar-refractivity contribution is -0.146.